The summed E-state index contributed by atoms with van der Waals surface area (Å²) in [5.74, 6) is 1.34. The molecule has 1 aromatic heterocycles. The van der Waals surface area contributed by atoms with E-state index in [1.807, 2.05) is 0 Å². The molecule has 108 valence electrons. The number of rotatable bonds is 7. The minimum atomic E-state index is 0.542. The molecule has 2 rings (SSSR count). The Morgan fingerprint density at radius 3 is 3.00 bits per heavy atom. The van der Waals surface area contributed by atoms with Crippen molar-refractivity contribution in [2.45, 2.75) is 57.9 Å². The molecule has 1 fully saturated rings. The van der Waals surface area contributed by atoms with Gasteiger partial charge in [0.1, 0.15) is 0 Å². The molecule has 0 aliphatic carbocycles. The quantitative estimate of drug-likeness (QED) is 0.550. The molecule has 2 heterocycles. The van der Waals surface area contributed by atoms with Crippen molar-refractivity contribution >= 4 is 22.9 Å². The van der Waals surface area contributed by atoms with Gasteiger partial charge in [0.2, 0.25) is 0 Å². The van der Waals surface area contributed by atoms with Gasteiger partial charge in [0.15, 0.2) is 0 Å². The van der Waals surface area contributed by atoms with Crippen LogP contribution >= 0.6 is 22.9 Å². The molecule has 0 N–H and O–H groups in total. The lowest BCUT2D eigenvalue weighted by molar-refractivity contribution is 0.203. The van der Waals surface area contributed by atoms with E-state index >= 15 is 0 Å². The van der Waals surface area contributed by atoms with Crippen LogP contribution in [0.3, 0.4) is 0 Å². The summed E-state index contributed by atoms with van der Waals surface area (Å²) in [5, 5.41) is 3.33. The van der Waals surface area contributed by atoms with Gasteiger partial charge in [0.05, 0.1) is 16.6 Å². The average Bonchev–Trinajstić information content (AvgIpc) is 3.03. The monoisotopic (exact) mass is 300 g/mol. The van der Waals surface area contributed by atoms with Crippen LogP contribution in [0, 0.1) is 5.92 Å². The molecular formula is C15H25ClN2S. The first-order valence-electron chi connectivity index (χ1n) is 7.44. The van der Waals surface area contributed by atoms with Crippen LogP contribution in [0.5, 0.6) is 0 Å². The number of aromatic nitrogens is 1. The molecule has 1 saturated heterocycles. The minimum absolute atomic E-state index is 0.542. The molecule has 0 spiro atoms. The van der Waals surface area contributed by atoms with Crippen LogP contribution in [0.4, 0.5) is 0 Å². The molecule has 1 aromatic rings. The van der Waals surface area contributed by atoms with Gasteiger partial charge in [0, 0.05) is 11.4 Å². The van der Waals surface area contributed by atoms with Crippen LogP contribution in [0.1, 0.15) is 50.2 Å². The van der Waals surface area contributed by atoms with Crippen LogP contribution in [0.15, 0.2) is 5.38 Å². The Balaban J connectivity index is 1.66. The zero-order valence-electron chi connectivity index (χ0n) is 12.1. The van der Waals surface area contributed by atoms with Crippen molar-refractivity contribution in [3.05, 3.63) is 16.1 Å². The molecule has 0 aromatic carbocycles. The second-order valence-corrected chi connectivity index (χ2v) is 7.02. The van der Waals surface area contributed by atoms with Crippen LogP contribution in [0.25, 0.3) is 0 Å². The van der Waals surface area contributed by atoms with Crippen molar-refractivity contribution in [2.75, 3.05) is 13.1 Å². The molecule has 1 unspecified atom stereocenters. The van der Waals surface area contributed by atoms with Crippen molar-refractivity contribution < 1.29 is 0 Å². The fourth-order valence-electron chi connectivity index (χ4n) is 3.00. The summed E-state index contributed by atoms with van der Waals surface area (Å²) >= 11 is 7.52. The smallest absolute Gasteiger partial charge is 0.0928 e. The average molecular weight is 301 g/mol. The third kappa shape index (κ3) is 4.44. The van der Waals surface area contributed by atoms with E-state index < -0.39 is 0 Å². The first kappa shape index (κ1) is 15.3. The third-order valence-electron chi connectivity index (χ3n) is 4.01. The predicted molar refractivity (Wildman–Crippen MR) is 84.0 cm³/mol. The lowest BCUT2D eigenvalue weighted by atomic mass is 10.0. The maximum absolute atomic E-state index is 5.77. The van der Waals surface area contributed by atoms with E-state index in [0.29, 0.717) is 5.88 Å². The van der Waals surface area contributed by atoms with E-state index in [4.69, 9.17) is 11.6 Å². The Kier molecular flexibility index (Phi) is 6.11. The number of alkyl halides is 1. The number of thiazole rings is 1. The Hall–Kier alpha value is -0.120. The molecule has 2 nitrogen and oxygen atoms in total. The number of aryl methyl sites for hydroxylation is 1. The standard InChI is InChI=1S/C15H25ClN2S/c1-12(2)14-6-5-9-18(14)8-4-3-7-15-17-13(10-16)11-19-15/h11-12,14H,3-10H2,1-2H3. The lowest BCUT2D eigenvalue weighted by Gasteiger charge is -2.27. The highest BCUT2D eigenvalue weighted by Crippen LogP contribution is 2.24. The molecule has 1 aliphatic rings. The number of unbranched alkanes of at least 4 members (excludes halogenated alkanes) is 1. The van der Waals surface area contributed by atoms with Crippen molar-refractivity contribution in [1.29, 1.82) is 0 Å². The summed E-state index contributed by atoms with van der Waals surface area (Å²) in [7, 11) is 0. The summed E-state index contributed by atoms with van der Waals surface area (Å²) in [5.41, 5.74) is 1.03. The molecule has 0 amide bonds. The molecule has 1 aliphatic heterocycles. The molecular weight excluding hydrogens is 276 g/mol. The lowest BCUT2D eigenvalue weighted by Crippen LogP contribution is -2.34. The maximum atomic E-state index is 5.77. The van der Waals surface area contributed by atoms with E-state index in [1.165, 1.54) is 43.8 Å². The summed E-state index contributed by atoms with van der Waals surface area (Å²) in [6.07, 6.45) is 6.43. The highest BCUT2D eigenvalue weighted by atomic mass is 35.5. The SMILES string of the molecule is CC(C)C1CCCN1CCCCc1nc(CCl)cs1. The van der Waals surface area contributed by atoms with E-state index in [0.717, 1.165) is 24.1 Å². The Morgan fingerprint density at radius 1 is 1.47 bits per heavy atom. The Morgan fingerprint density at radius 2 is 2.32 bits per heavy atom. The fraction of sp³-hybridized carbons (Fsp3) is 0.800. The highest BCUT2D eigenvalue weighted by Gasteiger charge is 2.26. The number of likely N-dealkylation sites (tertiary alicyclic amines) is 1. The van der Waals surface area contributed by atoms with Crippen LogP contribution in [0.2, 0.25) is 0 Å². The summed E-state index contributed by atoms with van der Waals surface area (Å²) < 4.78 is 0. The van der Waals surface area contributed by atoms with Gasteiger partial charge in [-0.15, -0.1) is 22.9 Å². The molecule has 1 atom stereocenters. The van der Waals surface area contributed by atoms with Crippen molar-refractivity contribution in [2.24, 2.45) is 5.92 Å². The van der Waals surface area contributed by atoms with Gasteiger partial charge < -0.3 is 4.90 Å². The number of halogens is 1. The molecule has 0 saturated carbocycles. The molecule has 19 heavy (non-hydrogen) atoms. The van der Waals surface area contributed by atoms with Gasteiger partial charge in [-0.3, -0.25) is 0 Å². The number of hydrogen-bond acceptors (Lipinski definition) is 3. The number of nitrogens with zero attached hydrogens (tertiary/aromatic N) is 2. The van der Waals surface area contributed by atoms with E-state index in [9.17, 15) is 0 Å². The van der Waals surface area contributed by atoms with Crippen LogP contribution < -0.4 is 0 Å². The maximum Gasteiger partial charge on any atom is 0.0928 e. The largest absolute Gasteiger partial charge is 0.300 e. The second kappa shape index (κ2) is 7.61. The van der Waals surface area contributed by atoms with Crippen LogP contribution in [-0.4, -0.2) is 29.0 Å². The first-order valence-corrected chi connectivity index (χ1v) is 8.85. The van der Waals surface area contributed by atoms with Gasteiger partial charge in [-0.25, -0.2) is 4.98 Å². The second-order valence-electron chi connectivity index (χ2n) is 5.81. The van der Waals surface area contributed by atoms with E-state index in [2.05, 4.69) is 29.1 Å². The summed E-state index contributed by atoms with van der Waals surface area (Å²) in [4.78, 5) is 7.21. The van der Waals surface area contributed by atoms with E-state index in [-0.39, 0.29) is 0 Å². The van der Waals surface area contributed by atoms with Gasteiger partial charge in [0.25, 0.3) is 0 Å². The highest BCUT2D eigenvalue weighted by molar-refractivity contribution is 7.09. The zero-order chi connectivity index (χ0) is 13.7. The van der Waals surface area contributed by atoms with Gasteiger partial charge in [-0.05, 0) is 51.1 Å². The Labute approximate surface area is 126 Å². The number of hydrogen-bond donors (Lipinski definition) is 0. The topological polar surface area (TPSA) is 16.1 Å². The van der Waals surface area contributed by atoms with Crippen molar-refractivity contribution in [1.82, 2.24) is 9.88 Å². The van der Waals surface area contributed by atoms with Crippen LogP contribution in [-0.2, 0) is 12.3 Å². The predicted octanol–water partition coefficient (Wildman–Crippen LogP) is 4.33. The minimum Gasteiger partial charge on any atom is -0.300 e. The fourth-order valence-corrected chi connectivity index (χ4v) is 4.07. The summed E-state index contributed by atoms with van der Waals surface area (Å²) in [6.45, 7) is 7.27. The van der Waals surface area contributed by atoms with Crippen molar-refractivity contribution in [3.63, 3.8) is 0 Å². The third-order valence-corrected chi connectivity index (χ3v) is 5.24. The molecule has 4 heteroatoms. The Bertz CT molecular complexity index is 378. The van der Waals surface area contributed by atoms with Gasteiger partial charge >= 0.3 is 0 Å². The van der Waals surface area contributed by atoms with Gasteiger partial charge in [-0.2, -0.15) is 0 Å². The first-order chi connectivity index (χ1) is 9.20. The van der Waals surface area contributed by atoms with E-state index in [1.54, 1.807) is 11.3 Å². The zero-order valence-corrected chi connectivity index (χ0v) is 13.6. The normalized spacial score (nSPS) is 20.5. The summed E-state index contributed by atoms with van der Waals surface area (Å²) in [6, 6.07) is 0.822. The van der Waals surface area contributed by atoms with Crippen molar-refractivity contribution in [3.8, 4) is 0 Å². The molecule has 0 bridgehead atoms. The molecule has 0 radical (unpaired) electrons. The van der Waals surface area contributed by atoms with Gasteiger partial charge in [-0.1, -0.05) is 13.8 Å².